The maximum absolute atomic E-state index is 6.37. The molecule has 0 aliphatic carbocycles. The van der Waals surface area contributed by atoms with Gasteiger partial charge >= 0.3 is 17.4 Å². The number of fused-ring (bicyclic) bond motifs is 1. The van der Waals surface area contributed by atoms with Crippen LogP contribution in [-0.2, 0) is 30.7 Å². The normalized spacial score (nSPS) is 18.9. The van der Waals surface area contributed by atoms with E-state index >= 15 is 0 Å². The molecule has 0 aromatic heterocycles. The van der Waals surface area contributed by atoms with Crippen molar-refractivity contribution in [2.45, 2.75) is 46.4 Å². The fraction of sp³-hybridized carbons (Fsp3) is 0.455. The molecule has 3 rings (SSSR count). The van der Waals surface area contributed by atoms with Crippen LogP contribution in [0.15, 0.2) is 48.5 Å². The molecule has 0 fully saturated rings. The van der Waals surface area contributed by atoms with Gasteiger partial charge in [0.1, 0.15) is 5.75 Å². The van der Waals surface area contributed by atoms with Gasteiger partial charge in [-0.3, -0.25) is 0 Å². The van der Waals surface area contributed by atoms with E-state index in [1.807, 2.05) is 39.0 Å². The van der Waals surface area contributed by atoms with E-state index in [1.54, 1.807) is 0 Å². The van der Waals surface area contributed by atoms with E-state index in [-0.39, 0.29) is 0 Å². The lowest BCUT2D eigenvalue weighted by Gasteiger charge is -2.34. The Bertz CT molecular complexity index is 769. The Morgan fingerprint density at radius 2 is 1.59 bits per heavy atom. The van der Waals surface area contributed by atoms with Crippen molar-refractivity contribution in [2.24, 2.45) is 0 Å². The quantitative estimate of drug-likeness (QED) is 0.528. The van der Waals surface area contributed by atoms with Gasteiger partial charge in [-0.25, -0.2) is 0 Å². The Balaban J connectivity index is 1.71. The molecule has 29 heavy (non-hydrogen) atoms. The van der Waals surface area contributed by atoms with E-state index in [2.05, 4.69) is 36.9 Å². The molecule has 1 heterocycles. The topological polar surface area (TPSA) is 46.2 Å². The molecule has 1 unspecified atom stereocenters. The lowest BCUT2D eigenvalue weighted by Crippen LogP contribution is -2.55. The van der Waals surface area contributed by atoms with Crippen molar-refractivity contribution in [2.75, 3.05) is 19.8 Å². The van der Waals surface area contributed by atoms with E-state index in [0.29, 0.717) is 26.4 Å². The van der Waals surface area contributed by atoms with Gasteiger partial charge in [0.05, 0.1) is 6.61 Å². The third-order valence-corrected chi connectivity index (χ3v) is 10.8. The van der Waals surface area contributed by atoms with Crippen LogP contribution in [0.4, 0.5) is 0 Å². The molecule has 1 aliphatic heterocycles. The fourth-order valence-electron chi connectivity index (χ4n) is 3.64. The third kappa shape index (κ3) is 5.36. The van der Waals surface area contributed by atoms with Crippen LogP contribution in [0.2, 0.25) is 12.6 Å². The van der Waals surface area contributed by atoms with Gasteiger partial charge in [-0.2, -0.15) is 0 Å². The summed E-state index contributed by atoms with van der Waals surface area (Å²) in [5.41, 5.74) is 2.32. The van der Waals surface area contributed by atoms with Gasteiger partial charge in [-0.1, -0.05) is 36.4 Å². The molecule has 0 saturated carbocycles. The SMILES string of the molecule is CCO[Si](CCc1ccc2c(c1)CO[Si](C)(c1ccccc1)O2)(OCC)OCC. The van der Waals surface area contributed by atoms with Crippen molar-refractivity contribution < 1.29 is 22.1 Å². The minimum Gasteiger partial charge on any atom is -0.517 e. The summed E-state index contributed by atoms with van der Waals surface area (Å²) in [4.78, 5) is 0. The smallest absolute Gasteiger partial charge is 0.501 e. The van der Waals surface area contributed by atoms with Gasteiger partial charge in [0.15, 0.2) is 0 Å². The molecule has 0 saturated heterocycles. The van der Waals surface area contributed by atoms with Crippen LogP contribution >= 0.6 is 0 Å². The predicted octanol–water partition coefficient (Wildman–Crippen LogP) is 4.17. The summed E-state index contributed by atoms with van der Waals surface area (Å²) in [5, 5.41) is 1.15. The van der Waals surface area contributed by atoms with Crippen molar-refractivity contribution >= 4 is 22.6 Å². The first-order chi connectivity index (χ1) is 14.0. The van der Waals surface area contributed by atoms with Crippen LogP contribution in [-0.4, -0.2) is 37.2 Å². The van der Waals surface area contributed by atoms with E-state index in [0.717, 1.165) is 29.0 Å². The maximum atomic E-state index is 6.37. The Labute approximate surface area is 176 Å². The number of hydrogen-bond donors (Lipinski definition) is 0. The highest BCUT2D eigenvalue weighted by Gasteiger charge is 2.41. The van der Waals surface area contributed by atoms with Gasteiger partial charge in [0.2, 0.25) is 0 Å². The average Bonchev–Trinajstić information content (AvgIpc) is 2.73. The molecular weight excluding hydrogens is 400 g/mol. The summed E-state index contributed by atoms with van der Waals surface area (Å²) < 4.78 is 30.5. The van der Waals surface area contributed by atoms with E-state index < -0.39 is 17.4 Å². The van der Waals surface area contributed by atoms with Gasteiger partial charge in [0.25, 0.3) is 0 Å². The van der Waals surface area contributed by atoms with Crippen LogP contribution in [0, 0.1) is 0 Å². The lowest BCUT2D eigenvalue weighted by atomic mass is 10.1. The highest BCUT2D eigenvalue weighted by Crippen LogP contribution is 2.31. The third-order valence-electron chi connectivity index (χ3n) is 5.04. The molecule has 2 aromatic rings. The van der Waals surface area contributed by atoms with Crippen molar-refractivity contribution in [1.82, 2.24) is 0 Å². The molecule has 0 bridgehead atoms. The van der Waals surface area contributed by atoms with Crippen LogP contribution < -0.4 is 9.61 Å². The van der Waals surface area contributed by atoms with Crippen molar-refractivity contribution in [3.05, 3.63) is 59.7 Å². The van der Waals surface area contributed by atoms with Gasteiger partial charge in [-0.15, -0.1) is 0 Å². The molecule has 158 valence electrons. The summed E-state index contributed by atoms with van der Waals surface area (Å²) in [6.07, 6.45) is 0.840. The Morgan fingerprint density at radius 3 is 2.21 bits per heavy atom. The standard InChI is InChI=1S/C22H32O5Si2/c1-5-23-29(24-6-2,25-7-3)16-15-19-13-14-22-20(17-19)18-26-28(4,27-22)21-11-9-8-10-12-21/h8-14,17H,5-7,15-16,18H2,1-4H3. The Hall–Kier alpha value is -1.49. The summed E-state index contributed by atoms with van der Waals surface area (Å²) in [7, 11) is -5.05. The first-order valence-corrected chi connectivity index (χ1v) is 14.7. The second-order valence-electron chi connectivity index (χ2n) is 7.13. The lowest BCUT2D eigenvalue weighted by molar-refractivity contribution is 0.0714. The zero-order valence-corrected chi connectivity index (χ0v) is 19.9. The number of aryl methyl sites for hydroxylation is 1. The van der Waals surface area contributed by atoms with E-state index in [1.165, 1.54) is 5.56 Å². The molecular formula is C22H32O5Si2. The summed E-state index contributed by atoms with van der Waals surface area (Å²) in [6, 6.07) is 17.4. The second kappa shape index (κ2) is 10.0. The van der Waals surface area contributed by atoms with Gasteiger partial charge in [0, 0.05) is 36.6 Å². The zero-order chi connectivity index (χ0) is 20.7. The first-order valence-electron chi connectivity index (χ1n) is 10.5. The van der Waals surface area contributed by atoms with E-state index in [9.17, 15) is 0 Å². The molecule has 5 nitrogen and oxygen atoms in total. The number of benzene rings is 2. The molecule has 1 atom stereocenters. The molecule has 0 spiro atoms. The Morgan fingerprint density at radius 1 is 0.931 bits per heavy atom. The van der Waals surface area contributed by atoms with Crippen LogP contribution in [0.3, 0.4) is 0 Å². The van der Waals surface area contributed by atoms with Crippen LogP contribution in [0.25, 0.3) is 0 Å². The molecule has 7 heteroatoms. The predicted molar refractivity (Wildman–Crippen MR) is 119 cm³/mol. The van der Waals surface area contributed by atoms with Crippen molar-refractivity contribution in [3.8, 4) is 5.75 Å². The van der Waals surface area contributed by atoms with Gasteiger partial charge in [-0.05, 0) is 51.4 Å². The van der Waals surface area contributed by atoms with Crippen molar-refractivity contribution in [1.29, 1.82) is 0 Å². The molecule has 0 amide bonds. The molecule has 1 aliphatic rings. The fourth-order valence-corrected chi connectivity index (χ4v) is 8.43. The van der Waals surface area contributed by atoms with Crippen LogP contribution in [0.5, 0.6) is 5.75 Å². The highest BCUT2D eigenvalue weighted by molar-refractivity contribution is 6.80. The zero-order valence-electron chi connectivity index (χ0n) is 17.9. The molecule has 2 aromatic carbocycles. The summed E-state index contributed by atoms with van der Waals surface area (Å²) in [5.74, 6) is 0.931. The van der Waals surface area contributed by atoms with Gasteiger partial charge < -0.3 is 22.1 Å². The molecule has 0 N–H and O–H groups in total. The number of rotatable bonds is 10. The highest BCUT2D eigenvalue weighted by atomic mass is 28.4. The molecule has 0 radical (unpaired) electrons. The van der Waals surface area contributed by atoms with Crippen molar-refractivity contribution in [3.63, 3.8) is 0 Å². The number of hydrogen-bond acceptors (Lipinski definition) is 5. The first kappa shape index (κ1) is 22.2. The second-order valence-corrected chi connectivity index (χ2v) is 12.8. The average molecular weight is 433 g/mol. The minimum atomic E-state index is -2.64. The van der Waals surface area contributed by atoms with Crippen LogP contribution in [0.1, 0.15) is 31.9 Å². The largest absolute Gasteiger partial charge is 0.517 e. The Kier molecular flexibility index (Phi) is 7.67. The van der Waals surface area contributed by atoms with E-state index in [4.69, 9.17) is 22.1 Å². The summed E-state index contributed by atoms with van der Waals surface area (Å²) >= 11 is 0. The minimum absolute atomic E-state index is 0.575. The monoisotopic (exact) mass is 432 g/mol. The maximum Gasteiger partial charge on any atom is 0.501 e. The summed E-state index contributed by atoms with van der Waals surface area (Å²) in [6.45, 7) is 10.4.